The third kappa shape index (κ3) is 3.61. The van der Waals surface area contributed by atoms with Crippen molar-refractivity contribution in [1.82, 2.24) is 24.7 Å². The van der Waals surface area contributed by atoms with Crippen LogP contribution in [0, 0.1) is 18.3 Å². The van der Waals surface area contributed by atoms with Crippen molar-refractivity contribution >= 4 is 17.2 Å². The number of hydrogen-bond acceptors (Lipinski definition) is 8. The summed E-state index contributed by atoms with van der Waals surface area (Å²) < 4.78 is 7.56. The monoisotopic (exact) mass is 374 g/mol. The summed E-state index contributed by atoms with van der Waals surface area (Å²) in [5.74, 6) is 1.52. The normalized spacial score (nSPS) is 13.9. The number of nitrogens with one attached hydrogen (secondary N) is 2. The predicted molar refractivity (Wildman–Crippen MR) is 103 cm³/mol. The lowest BCUT2D eigenvalue weighted by Crippen LogP contribution is -2.11. The first-order chi connectivity index (χ1) is 13.7. The van der Waals surface area contributed by atoms with Gasteiger partial charge in [0, 0.05) is 19.3 Å². The quantitative estimate of drug-likeness (QED) is 0.500. The first-order valence-electron chi connectivity index (χ1n) is 8.83. The van der Waals surface area contributed by atoms with E-state index in [1.54, 1.807) is 17.2 Å². The van der Waals surface area contributed by atoms with Crippen LogP contribution in [0.15, 0.2) is 49.0 Å². The SMILES string of the molecule is Cc1cnc(NCCCn2cncn2)nc1C(C#N)=C1Nc2ccccc2O1. The van der Waals surface area contributed by atoms with Crippen molar-refractivity contribution in [3.8, 4) is 11.8 Å². The zero-order valence-corrected chi connectivity index (χ0v) is 15.3. The van der Waals surface area contributed by atoms with E-state index < -0.39 is 0 Å². The molecule has 0 bridgehead atoms. The molecule has 1 aliphatic rings. The standard InChI is InChI=1S/C19H18N8O/c1-13-10-23-19(22-7-4-8-27-12-21-11-24-27)26-17(13)14(9-20)18-25-15-5-2-3-6-16(15)28-18/h2-3,5-6,10-12,25H,4,7-8H2,1H3,(H,22,23,26). The summed E-state index contributed by atoms with van der Waals surface area (Å²) in [6.07, 6.45) is 5.72. The first-order valence-corrected chi connectivity index (χ1v) is 8.83. The lowest BCUT2D eigenvalue weighted by molar-refractivity contribution is 0.460. The molecular formula is C19H18N8O. The van der Waals surface area contributed by atoms with Crippen LogP contribution in [0.25, 0.3) is 5.57 Å². The Bertz CT molecular complexity index is 1030. The molecule has 0 spiro atoms. The summed E-state index contributed by atoms with van der Waals surface area (Å²) in [5, 5.41) is 20.1. The van der Waals surface area contributed by atoms with Crippen molar-refractivity contribution in [2.24, 2.45) is 0 Å². The van der Waals surface area contributed by atoms with E-state index in [0.29, 0.717) is 35.4 Å². The molecule has 0 atom stereocenters. The highest BCUT2D eigenvalue weighted by Gasteiger charge is 2.23. The van der Waals surface area contributed by atoms with E-state index in [1.165, 1.54) is 6.33 Å². The maximum atomic E-state index is 9.73. The van der Waals surface area contributed by atoms with E-state index >= 15 is 0 Å². The van der Waals surface area contributed by atoms with Crippen LogP contribution in [0.5, 0.6) is 5.75 Å². The van der Waals surface area contributed by atoms with Crippen molar-refractivity contribution in [3.63, 3.8) is 0 Å². The van der Waals surface area contributed by atoms with Crippen LogP contribution in [-0.2, 0) is 6.54 Å². The number of fused-ring (bicyclic) bond motifs is 1. The van der Waals surface area contributed by atoms with Crippen LogP contribution < -0.4 is 15.4 Å². The van der Waals surface area contributed by atoms with Crippen LogP contribution in [0.4, 0.5) is 11.6 Å². The van der Waals surface area contributed by atoms with Gasteiger partial charge < -0.3 is 15.4 Å². The maximum absolute atomic E-state index is 9.73. The molecule has 0 saturated heterocycles. The van der Waals surface area contributed by atoms with Gasteiger partial charge in [-0.3, -0.25) is 4.68 Å². The molecule has 0 radical (unpaired) electrons. The Hall–Kier alpha value is -3.93. The van der Waals surface area contributed by atoms with Gasteiger partial charge in [-0.1, -0.05) is 12.1 Å². The lowest BCUT2D eigenvalue weighted by Gasteiger charge is -2.10. The fourth-order valence-corrected chi connectivity index (χ4v) is 2.81. The smallest absolute Gasteiger partial charge is 0.223 e. The summed E-state index contributed by atoms with van der Waals surface area (Å²) in [7, 11) is 0. The molecule has 3 aromatic rings. The van der Waals surface area contributed by atoms with E-state index in [2.05, 4.69) is 36.8 Å². The average Bonchev–Trinajstić information content (AvgIpc) is 3.37. The number of para-hydroxylation sites is 2. The van der Waals surface area contributed by atoms with E-state index in [-0.39, 0.29) is 0 Å². The molecule has 28 heavy (non-hydrogen) atoms. The minimum Gasteiger partial charge on any atom is -0.437 e. The maximum Gasteiger partial charge on any atom is 0.223 e. The lowest BCUT2D eigenvalue weighted by atomic mass is 10.1. The predicted octanol–water partition coefficient (Wildman–Crippen LogP) is 2.58. The second kappa shape index (κ2) is 7.75. The van der Waals surface area contributed by atoms with Crippen molar-refractivity contribution < 1.29 is 4.74 Å². The van der Waals surface area contributed by atoms with E-state index in [1.807, 2.05) is 31.2 Å². The van der Waals surface area contributed by atoms with Gasteiger partial charge in [-0.15, -0.1) is 0 Å². The third-order valence-corrected chi connectivity index (χ3v) is 4.21. The molecule has 4 rings (SSSR count). The number of rotatable bonds is 6. The minimum absolute atomic E-state index is 0.335. The molecular weight excluding hydrogens is 356 g/mol. The molecule has 0 amide bonds. The summed E-state index contributed by atoms with van der Waals surface area (Å²) >= 11 is 0. The number of nitrogens with zero attached hydrogens (tertiary/aromatic N) is 6. The number of aryl methyl sites for hydroxylation is 2. The fraction of sp³-hybridized carbons (Fsp3) is 0.211. The zero-order valence-electron chi connectivity index (χ0n) is 15.3. The van der Waals surface area contributed by atoms with Crippen LogP contribution in [-0.4, -0.2) is 31.3 Å². The van der Waals surface area contributed by atoms with Gasteiger partial charge in [0.1, 0.15) is 24.3 Å². The van der Waals surface area contributed by atoms with Crippen molar-refractivity contribution in [3.05, 3.63) is 60.3 Å². The molecule has 0 fully saturated rings. The Balaban J connectivity index is 1.50. The van der Waals surface area contributed by atoms with E-state index in [9.17, 15) is 5.26 Å². The number of nitriles is 1. The van der Waals surface area contributed by atoms with Crippen molar-refractivity contribution in [2.45, 2.75) is 19.9 Å². The van der Waals surface area contributed by atoms with E-state index in [4.69, 9.17) is 4.74 Å². The first kappa shape index (κ1) is 17.5. The highest BCUT2D eigenvalue weighted by Crippen LogP contribution is 2.35. The topological polar surface area (TPSA) is 114 Å². The van der Waals surface area contributed by atoms with E-state index in [0.717, 1.165) is 24.2 Å². The van der Waals surface area contributed by atoms with Gasteiger partial charge in [-0.25, -0.2) is 15.0 Å². The van der Waals surface area contributed by atoms with Crippen LogP contribution >= 0.6 is 0 Å². The Labute approximate surface area is 161 Å². The molecule has 2 N–H and O–H groups in total. The van der Waals surface area contributed by atoms with Gasteiger partial charge in [0.15, 0.2) is 5.75 Å². The summed E-state index contributed by atoms with van der Waals surface area (Å²) in [6.45, 7) is 3.28. The molecule has 0 unspecified atom stereocenters. The Morgan fingerprint density at radius 2 is 2.25 bits per heavy atom. The third-order valence-electron chi connectivity index (χ3n) is 4.21. The largest absolute Gasteiger partial charge is 0.437 e. The number of aromatic nitrogens is 5. The van der Waals surface area contributed by atoms with Crippen LogP contribution in [0.2, 0.25) is 0 Å². The van der Waals surface area contributed by atoms with Gasteiger partial charge in [0.05, 0.1) is 11.4 Å². The molecule has 0 saturated carbocycles. The number of allylic oxidation sites excluding steroid dienone is 1. The second-order valence-corrected chi connectivity index (χ2v) is 6.20. The van der Waals surface area contributed by atoms with Crippen molar-refractivity contribution in [1.29, 1.82) is 5.26 Å². The zero-order chi connectivity index (χ0) is 19.3. The van der Waals surface area contributed by atoms with Crippen molar-refractivity contribution in [2.75, 3.05) is 17.2 Å². The Morgan fingerprint density at radius 3 is 3.04 bits per heavy atom. The average molecular weight is 374 g/mol. The van der Waals surface area contributed by atoms with Crippen LogP contribution in [0.3, 0.4) is 0 Å². The molecule has 0 aliphatic carbocycles. The summed E-state index contributed by atoms with van der Waals surface area (Å²) in [4.78, 5) is 12.7. The second-order valence-electron chi connectivity index (χ2n) is 6.20. The molecule has 1 aliphatic heterocycles. The number of ether oxygens (including phenoxy) is 1. The molecule has 3 heterocycles. The molecule has 1 aromatic carbocycles. The molecule has 140 valence electrons. The number of hydrogen-bond donors (Lipinski definition) is 2. The number of benzene rings is 1. The highest BCUT2D eigenvalue weighted by atomic mass is 16.5. The Morgan fingerprint density at radius 1 is 1.36 bits per heavy atom. The minimum atomic E-state index is 0.335. The van der Waals surface area contributed by atoms with Gasteiger partial charge in [-0.2, -0.15) is 10.4 Å². The fourth-order valence-electron chi connectivity index (χ4n) is 2.81. The van der Waals surface area contributed by atoms with Gasteiger partial charge >= 0.3 is 0 Å². The summed E-state index contributed by atoms with van der Waals surface area (Å²) in [6, 6.07) is 9.73. The Kier molecular flexibility index (Phi) is 4.84. The molecule has 2 aromatic heterocycles. The van der Waals surface area contributed by atoms with Crippen LogP contribution in [0.1, 0.15) is 17.7 Å². The number of anilines is 2. The van der Waals surface area contributed by atoms with Gasteiger partial charge in [0.25, 0.3) is 0 Å². The molecule has 9 nitrogen and oxygen atoms in total. The molecule has 9 heteroatoms. The summed E-state index contributed by atoms with van der Waals surface area (Å²) in [5.41, 5.74) is 2.48. The highest BCUT2D eigenvalue weighted by molar-refractivity contribution is 5.83. The van der Waals surface area contributed by atoms with Gasteiger partial charge in [-0.05, 0) is 31.0 Å². The van der Waals surface area contributed by atoms with Gasteiger partial charge in [0.2, 0.25) is 11.8 Å².